The van der Waals surface area contributed by atoms with Crippen molar-refractivity contribution in [3.8, 4) is 5.88 Å². The Morgan fingerprint density at radius 2 is 2.43 bits per heavy atom. The maximum absolute atomic E-state index is 7.29. The summed E-state index contributed by atoms with van der Waals surface area (Å²) in [5, 5.41) is 14.7. The molecule has 0 radical (unpaired) electrons. The van der Waals surface area contributed by atoms with Gasteiger partial charge in [0, 0.05) is 0 Å². The zero-order valence-electron chi connectivity index (χ0n) is 7.43. The Hall–Kier alpha value is -1.69. The molecule has 0 aromatic carbocycles. The average molecular weight is 194 g/mol. The molecule has 0 spiro atoms. The lowest BCUT2D eigenvalue weighted by atomic mass is 10.2. The highest BCUT2D eigenvalue weighted by atomic mass is 16.6. The minimum Gasteiger partial charge on any atom is -0.468 e. The summed E-state index contributed by atoms with van der Waals surface area (Å²) in [4.78, 5) is 0. The van der Waals surface area contributed by atoms with Gasteiger partial charge in [-0.3, -0.25) is 5.41 Å². The first kappa shape index (κ1) is 8.89. The number of nitrogens with one attached hydrogen (secondary N) is 1. The Balaban J connectivity index is 2.17. The first-order valence-electron chi connectivity index (χ1n) is 4.18. The predicted molar refractivity (Wildman–Crippen MR) is 48.3 cm³/mol. The van der Waals surface area contributed by atoms with Crippen molar-refractivity contribution in [2.45, 2.75) is 6.10 Å². The van der Waals surface area contributed by atoms with Crippen molar-refractivity contribution in [3.63, 3.8) is 0 Å². The Morgan fingerprint density at radius 3 is 3.00 bits per heavy atom. The van der Waals surface area contributed by atoms with Crippen LogP contribution in [0, 0.1) is 5.41 Å². The van der Waals surface area contributed by atoms with Crippen molar-refractivity contribution in [1.82, 2.24) is 10.2 Å². The van der Waals surface area contributed by atoms with Gasteiger partial charge in [-0.25, -0.2) is 0 Å². The van der Waals surface area contributed by atoms with Crippen molar-refractivity contribution < 1.29 is 9.47 Å². The van der Waals surface area contributed by atoms with Gasteiger partial charge in [-0.05, 0) is 6.07 Å². The van der Waals surface area contributed by atoms with Crippen LogP contribution in [0.1, 0.15) is 5.56 Å². The number of aromatic nitrogens is 2. The highest BCUT2D eigenvalue weighted by Crippen LogP contribution is 2.16. The van der Waals surface area contributed by atoms with Crippen molar-refractivity contribution in [3.05, 3.63) is 17.8 Å². The lowest BCUT2D eigenvalue weighted by Gasteiger charge is -2.26. The summed E-state index contributed by atoms with van der Waals surface area (Å²) in [6, 6.07) is 1.60. The Bertz CT molecular complexity index is 351. The van der Waals surface area contributed by atoms with E-state index in [0.717, 1.165) is 0 Å². The normalized spacial score (nSPS) is 16.0. The molecule has 1 aromatic heterocycles. The lowest BCUT2D eigenvalue weighted by Crippen LogP contribution is -2.39. The fourth-order valence-corrected chi connectivity index (χ4v) is 1.05. The summed E-state index contributed by atoms with van der Waals surface area (Å²) in [5.41, 5.74) is 5.82. The van der Waals surface area contributed by atoms with Crippen LogP contribution in [0.3, 0.4) is 0 Å². The van der Waals surface area contributed by atoms with Crippen molar-refractivity contribution in [1.29, 1.82) is 5.41 Å². The number of amidine groups is 1. The van der Waals surface area contributed by atoms with Crippen LogP contribution in [-0.2, 0) is 4.74 Å². The van der Waals surface area contributed by atoms with E-state index in [0.29, 0.717) is 24.7 Å². The van der Waals surface area contributed by atoms with Crippen LogP contribution in [0.5, 0.6) is 5.88 Å². The van der Waals surface area contributed by atoms with Crippen molar-refractivity contribution in [2.24, 2.45) is 5.73 Å². The summed E-state index contributed by atoms with van der Waals surface area (Å²) >= 11 is 0. The molecular formula is C8H10N4O2. The van der Waals surface area contributed by atoms with Crippen LogP contribution in [0.15, 0.2) is 12.3 Å². The Kier molecular flexibility index (Phi) is 2.28. The number of rotatable bonds is 3. The molecule has 74 valence electrons. The van der Waals surface area contributed by atoms with Gasteiger partial charge < -0.3 is 15.2 Å². The van der Waals surface area contributed by atoms with E-state index in [9.17, 15) is 0 Å². The molecule has 1 aromatic rings. The third kappa shape index (κ3) is 1.64. The molecule has 6 heteroatoms. The molecule has 0 amide bonds. The number of hydrogen-bond acceptors (Lipinski definition) is 5. The van der Waals surface area contributed by atoms with Gasteiger partial charge >= 0.3 is 0 Å². The summed E-state index contributed by atoms with van der Waals surface area (Å²) < 4.78 is 10.4. The first-order chi connectivity index (χ1) is 6.77. The Morgan fingerprint density at radius 1 is 1.64 bits per heavy atom. The molecule has 1 aliphatic rings. The van der Waals surface area contributed by atoms with E-state index < -0.39 is 0 Å². The SMILES string of the molecule is N=C(N)c1ccnnc1OC1COC1. The quantitative estimate of drug-likeness (QED) is 0.501. The van der Waals surface area contributed by atoms with E-state index in [1.54, 1.807) is 6.07 Å². The maximum Gasteiger partial charge on any atom is 0.244 e. The minimum absolute atomic E-state index is 0.00444. The van der Waals surface area contributed by atoms with Crippen molar-refractivity contribution >= 4 is 5.84 Å². The summed E-state index contributed by atoms with van der Waals surface area (Å²) in [7, 11) is 0. The maximum atomic E-state index is 7.29. The van der Waals surface area contributed by atoms with Crippen LogP contribution in [-0.4, -0.2) is 35.4 Å². The molecular weight excluding hydrogens is 184 g/mol. The number of hydrogen-bond donors (Lipinski definition) is 2. The minimum atomic E-state index is -0.0739. The smallest absolute Gasteiger partial charge is 0.244 e. The van der Waals surface area contributed by atoms with Crippen LogP contribution in [0.2, 0.25) is 0 Å². The van der Waals surface area contributed by atoms with Gasteiger partial charge in [0.15, 0.2) is 0 Å². The fourth-order valence-electron chi connectivity index (χ4n) is 1.05. The highest BCUT2D eigenvalue weighted by Gasteiger charge is 2.22. The molecule has 0 bridgehead atoms. The van der Waals surface area contributed by atoms with E-state index in [-0.39, 0.29) is 11.9 Å². The molecule has 1 aliphatic heterocycles. The van der Waals surface area contributed by atoms with E-state index in [1.807, 2.05) is 0 Å². The van der Waals surface area contributed by atoms with Gasteiger partial charge in [0.05, 0.1) is 25.0 Å². The van der Waals surface area contributed by atoms with E-state index in [4.69, 9.17) is 20.6 Å². The van der Waals surface area contributed by atoms with E-state index in [1.165, 1.54) is 6.20 Å². The van der Waals surface area contributed by atoms with Crippen molar-refractivity contribution in [2.75, 3.05) is 13.2 Å². The second-order valence-corrected chi connectivity index (χ2v) is 2.94. The lowest BCUT2D eigenvalue weighted by molar-refractivity contribution is -0.0817. The third-order valence-corrected chi connectivity index (χ3v) is 1.86. The summed E-state index contributed by atoms with van der Waals surface area (Å²) in [6.45, 7) is 1.10. The molecule has 0 unspecified atom stereocenters. The Labute approximate surface area is 80.5 Å². The van der Waals surface area contributed by atoms with Gasteiger partial charge in [0.25, 0.3) is 0 Å². The number of nitrogen functional groups attached to an aromatic ring is 1. The van der Waals surface area contributed by atoms with Gasteiger partial charge in [0.2, 0.25) is 5.88 Å². The highest BCUT2D eigenvalue weighted by molar-refractivity contribution is 5.96. The predicted octanol–water partition coefficient (Wildman–Crippen LogP) is -0.462. The molecule has 6 nitrogen and oxygen atoms in total. The largest absolute Gasteiger partial charge is 0.468 e. The van der Waals surface area contributed by atoms with Gasteiger partial charge in [-0.1, -0.05) is 0 Å². The second kappa shape index (κ2) is 3.59. The number of ether oxygens (including phenoxy) is 2. The fraction of sp³-hybridized carbons (Fsp3) is 0.375. The number of nitrogens with zero attached hydrogens (tertiary/aromatic N) is 2. The second-order valence-electron chi connectivity index (χ2n) is 2.94. The zero-order chi connectivity index (χ0) is 9.97. The van der Waals surface area contributed by atoms with Gasteiger partial charge in [-0.2, -0.15) is 5.10 Å². The molecule has 2 rings (SSSR count). The van der Waals surface area contributed by atoms with Crippen LogP contribution in [0.25, 0.3) is 0 Å². The summed E-state index contributed by atoms with van der Waals surface area (Å²) in [6.07, 6.45) is 1.48. The standard InChI is InChI=1S/C8H10N4O2/c9-7(10)6-1-2-11-12-8(6)14-5-3-13-4-5/h1-2,5H,3-4H2,(H3,9,10). The van der Waals surface area contributed by atoms with Crippen LogP contribution < -0.4 is 10.5 Å². The molecule has 2 heterocycles. The molecule has 1 saturated heterocycles. The average Bonchev–Trinajstić information content (AvgIpc) is 2.12. The number of nitrogens with two attached hydrogens (primary N) is 1. The first-order valence-corrected chi connectivity index (χ1v) is 4.18. The van der Waals surface area contributed by atoms with Crippen LogP contribution in [0.4, 0.5) is 0 Å². The van der Waals surface area contributed by atoms with Crippen LogP contribution >= 0.6 is 0 Å². The van der Waals surface area contributed by atoms with Gasteiger partial charge in [-0.15, -0.1) is 5.10 Å². The third-order valence-electron chi connectivity index (χ3n) is 1.86. The molecule has 0 saturated carbocycles. The zero-order valence-corrected chi connectivity index (χ0v) is 7.43. The molecule has 3 N–H and O–H groups in total. The van der Waals surface area contributed by atoms with E-state index >= 15 is 0 Å². The molecule has 1 fully saturated rings. The molecule has 0 atom stereocenters. The molecule has 0 aliphatic carbocycles. The monoisotopic (exact) mass is 194 g/mol. The van der Waals surface area contributed by atoms with Gasteiger partial charge in [0.1, 0.15) is 11.9 Å². The van der Waals surface area contributed by atoms with E-state index in [2.05, 4.69) is 10.2 Å². The summed E-state index contributed by atoms with van der Waals surface area (Å²) in [5.74, 6) is 0.225. The molecule has 14 heavy (non-hydrogen) atoms. The topological polar surface area (TPSA) is 94.1 Å².